The van der Waals surface area contributed by atoms with E-state index in [-0.39, 0.29) is 0 Å². The largest absolute Gasteiger partial charge is 0.291 e. The van der Waals surface area contributed by atoms with Crippen LogP contribution in [0, 0.1) is 5.41 Å². The summed E-state index contributed by atoms with van der Waals surface area (Å²) in [5.74, 6) is 0. The molecular weight excluding hydrogens is 186 g/mol. The Kier molecular flexibility index (Phi) is 2.61. The zero-order valence-corrected chi connectivity index (χ0v) is 10.1. The predicted octanol–water partition coefficient (Wildman–Crippen LogP) is 1.91. The third-order valence-electron chi connectivity index (χ3n) is 2.76. The van der Waals surface area contributed by atoms with E-state index < -0.39 is 0 Å². The van der Waals surface area contributed by atoms with Gasteiger partial charge in [-0.15, -0.1) is 0 Å². The lowest BCUT2D eigenvalue weighted by atomic mass is 9.87. The minimum atomic E-state index is 0.359. The fourth-order valence-corrected chi connectivity index (χ4v) is 2.12. The van der Waals surface area contributed by atoms with Crippen LogP contribution in [0.1, 0.15) is 27.2 Å². The standard InChI is InChI=1S/C12H21N3/c1-12(2,3)8-10-5-6-15-11(7-10)13-9-14(15)4/h5-7,11,13H,8-9H2,1-4H3. The predicted molar refractivity (Wildman–Crippen MR) is 62.7 cm³/mol. The first kappa shape index (κ1) is 10.7. The SMILES string of the molecule is CN1CNC2C=C(CC(C)(C)C)C=CN21. The average molecular weight is 207 g/mol. The Hall–Kier alpha value is -0.800. The minimum absolute atomic E-state index is 0.359. The van der Waals surface area contributed by atoms with Crippen LogP contribution >= 0.6 is 0 Å². The summed E-state index contributed by atoms with van der Waals surface area (Å²) >= 11 is 0. The van der Waals surface area contributed by atoms with Crippen molar-refractivity contribution in [3.8, 4) is 0 Å². The lowest BCUT2D eigenvalue weighted by Gasteiger charge is -2.30. The maximum absolute atomic E-state index is 3.45. The zero-order chi connectivity index (χ0) is 11.1. The maximum Gasteiger partial charge on any atom is 0.115 e. The first-order valence-corrected chi connectivity index (χ1v) is 5.57. The van der Waals surface area contributed by atoms with E-state index in [9.17, 15) is 0 Å². The van der Waals surface area contributed by atoms with Crippen molar-refractivity contribution in [2.75, 3.05) is 13.7 Å². The molecule has 0 aromatic heterocycles. The van der Waals surface area contributed by atoms with E-state index in [4.69, 9.17) is 0 Å². The second-order valence-electron chi connectivity index (χ2n) is 5.64. The zero-order valence-electron chi connectivity index (χ0n) is 10.1. The third-order valence-corrected chi connectivity index (χ3v) is 2.76. The van der Waals surface area contributed by atoms with Gasteiger partial charge in [-0.25, -0.2) is 5.01 Å². The third kappa shape index (κ3) is 2.41. The highest BCUT2D eigenvalue weighted by molar-refractivity contribution is 5.26. The van der Waals surface area contributed by atoms with Crippen molar-refractivity contribution in [1.29, 1.82) is 0 Å². The second-order valence-corrected chi connectivity index (χ2v) is 5.64. The first-order valence-electron chi connectivity index (χ1n) is 5.57. The minimum Gasteiger partial charge on any atom is -0.291 e. The molecule has 1 atom stereocenters. The fourth-order valence-electron chi connectivity index (χ4n) is 2.12. The summed E-state index contributed by atoms with van der Waals surface area (Å²) in [4.78, 5) is 0. The van der Waals surface area contributed by atoms with Crippen LogP contribution in [0.25, 0.3) is 0 Å². The van der Waals surface area contributed by atoms with Crippen molar-refractivity contribution < 1.29 is 0 Å². The molecule has 3 heteroatoms. The van der Waals surface area contributed by atoms with Gasteiger partial charge in [-0.3, -0.25) is 10.3 Å². The van der Waals surface area contributed by atoms with Gasteiger partial charge in [0, 0.05) is 13.2 Å². The number of rotatable bonds is 1. The normalized spacial score (nSPS) is 26.8. The lowest BCUT2D eigenvalue weighted by molar-refractivity contribution is 0.0924. The number of hydrazine groups is 1. The molecule has 0 radical (unpaired) electrons. The summed E-state index contributed by atoms with van der Waals surface area (Å²) in [6.07, 6.45) is 8.22. The highest BCUT2D eigenvalue weighted by Gasteiger charge is 2.27. The Morgan fingerprint density at radius 3 is 2.87 bits per heavy atom. The van der Waals surface area contributed by atoms with E-state index in [1.807, 2.05) is 0 Å². The van der Waals surface area contributed by atoms with E-state index in [1.165, 1.54) is 5.57 Å². The Balaban J connectivity index is 2.06. The van der Waals surface area contributed by atoms with E-state index in [0.717, 1.165) is 13.1 Å². The van der Waals surface area contributed by atoms with Crippen LogP contribution in [0.2, 0.25) is 0 Å². The molecule has 1 fully saturated rings. The van der Waals surface area contributed by atoms with Gasteiger partial charge in [0.1, 0.15) is 6.17 Å². The molecule has 2 aliphatic heterocycles. The van der Waals surface area contributed by atoms with Gasteiger partial charge < -0.3 is 0 Å². The highest BCUT2D eigenvalue weighted by atomic mass is 15.7. The monoisotopic (exact) mass is 207 g/mol. The van der Waals surface area contributed by atoms with Gasteiger partial charge in [-0.1, -0.05) is 20.8 Å². The molecule has 1 N–H and O–H groups in total. The van der Waals surface area contributed by atoms with E-state index in [2.05, 4.69) is 61.5 Å². The van der Waals surface area contributed by atoms with E-state index >= 15 is 0 Å². The first-order chi connectivity index (χ1) is 6.96. The van der Waals surface area contributed by atoms with Crippen LogP contribution in [0.15, 0.2) is 23.9 Å². The van der Waals surface area contributed by atoms with Gasteiger partial charge in [-0.05, 0) is 29.6 Å². The molecule has 1 saturated heterocycles. The summed E-state index contributed by atoms with van der Waals surface area (Å²) in [6.45, 7) is 7.76. The molecule has 3 nitrogen and oxygen atoms in total. The van der Waals surface area contributed by atoms with Crippen molar-refractivity contribution in [2.45, 2.75) is 33.4 Å². The molecule has 0 saturated carbocycles. The summed E-state index contributed by atoms with van der Waals surface area (Å²) in [7, 11) is 2.10. The molecule has 0 spiro atoms. The number of hydrogen-bond acceptors (Lipinski definition) is 3. The lowest BCUT2D eigenvalue weighted by Crippen LogP contribution is -2.36. The number of hydrogen-bond donors (Lipinski definition) is 1. The van der Waals surface area contributed by atoms with Gasteiger partial charge in [0.2, 0.25) is 0 Å². The molecule has 2 heterocycles. The molecule has 0 amide bonds. The van der Waals surface area contributed by atoms with Gasteiger partial charge >= 0.3 is 0 Å². The molecule has 0 aliphatic carbocycles. The van der Waals surface area contributed by atoms with Crippen molar-refractivity contribution in [3.05, 3.63) is 23.9 Å². The molecule has 0 aromatic rings. The summed E-state index contributed by atoms with van der Waals surface area (Å²) in [5.41, 5.74) is 1.80. The summed E-state index contributed by atoms with van der Waals surface area (Å²) in [5, 5.41) is 7.86. The highest BCUT2D eigenvalue weighted by Crippen LogP contribution is 2.28. The van der Waals surface area contributed by atoms with Crippen molar-refractivity contribution in [1.82, 2.24) is 15.3 Å². The summed E-state index contributed by atoms with van der Waals surface area (Å²) < 4.78 is 0. The summed E-state index contributed by atoms with van der Waals surface area (Å²) in [6, 6.07) is 0. The molecule has 84 valence electrons. The topological polar surface area (TPSA) is 18.5 Å². The number of nitrogens with zero attached hydrogens (tertiary/aromatic N) is 2. The van der Waals surface area contributed by atoms with Gasteiger partial charge in [0.15, 0.2) is 0 Å². The van der Waals surface area contributed by atoms with Crippen LogP contribution in [-0.4, -0.2) is 29.9 Å². The molecule has 0 bridgehead atoms. The van der Waals surface area contributed by atoms with Crippen LogP contribution in [0.3, 0.4) is 0 Å². The quantitative estimate of drug-likeness (QED) is 0.708. The molecule has 1 unspecified atom stereocenters. The van der Waals surface area contributed by atoms with Crippen LogP contribution in [-0.2, 0) is 0 Å². The molecule has 2 rings (SSSR count). The second kappa shape index (κ2) is 3.65. The number of fused-ring (bicyclic) bond motifs is 1. The Labute approximate surface area is 92.4 Å². The average Bonchev–Trinajstić information content (AvgIpc) is 2.45. The maximum atomic E-state index is 3.45. The molecule has 2 aliphatic rings. The van der Waals surface area contributed by atoms with Crippen LogP contribution < -0.4 is 5.32 Å². The smallest absolute Gasteiger partial charge is 0.115 e. The van der Waals surface area contributed by atoms with E-state index in [1.54, 1.807) is 0 Å². The molecule has 0 aromatic carbocycles. The van der Waals surface area contributed by atoms with Gasteiger partial charge in [0.25, 0.3) is 0 Å². The van der Waals surface area contributed by atoms with E-state index in [0.29, 0.717) is 11.6 Å². The Bertz CT molecular complexity index is 298. The van der Waals surface area contributed by atoms with Crippen LogP contribution in [0.4, 0.5) is 0 Å². The van der Waals surface area contributed by atoms with Gasteiger partial charge in [0.05, 0.1) is 6.67 Å². The Morgan fingerprint density at radius 1 is 1.47 bits per heavy atom. The number of nitrogens with one attached hydrogen (secondary N) is 1. The fraction of sp³-hybridized carbons (Fsp3) is 0.667. The molecule has 15 heavy (non-hydrogen) atoms. The van der Waals surface area contributed by atoms with Gasteiger partial charge in [-0.2, -0.15) is 0 Å². The van der Waals surface area contributed by atoms with Crippen molar-refractivity contribution in [2.24, 2.45) is 5.41 Å². The Morgan fingerprint density at radius 2 is 2.20 bits per heavy atom. The van der Waals surface area contributed by atoms with Crippen molar-refractivity contribution >= 4 is 0 Å². The van der Waals surface area contributed by atoms with Crippen LogP contribution in [0.5, 0.6) is 0 Å². The van der Waals surface area contributed by atoms with Crippen molar-refractivity contribution in [3.63, 3.8) is 0 Å². The molecular formula is C12H21N3. The number of allylic oxidation sites excluding steroid dienone is 2.